The van der Waals surface area contributed by atoms with Crippen molar-refractivity contribution in [3.05, 3.63) is 58.0 Å². The predicted octanol–water partition coefficient (Wildman–Crippen LogP) is 1.07. The van der Waals surface area contributed by atoms with Crippen molar-refractivity contribution in [2.45, 2.75) is 5.88 Å². The predicted molar refractivity (Wildman–Crippen MR) is 67.9 cm³/mol. The van der Waals surface area contributed by atoms with Gasteiger partial charge in [0.05, 0.1) is 17.3 Å². The fraction of sp³-hybridized carbons (Fsp3) is 0.0833. The minimum absolute atomic E-state index is 0.107. The summed E-state index contributed by atoms with van der Waals surface area (Å²) in [5, 5.41) is 3.96. The smallest absolute Gasteiger partial charge is 0.273 e. The number of aromatic nitrogens is 2. The Morgan fingerprint density at radius 2 is 2.00 bits per heavy atom. The SMILES string of the molecule is NC(=O)c1nn(-c2ccccc2)c(CCl)cc1=O. The number of para-hydroxylation sites is 1. The summed E-state index contributed by atoms with van der Waals surface area (Å²) >= 11 is 5.77. The summed E-state index contributed by atoms with van der Waals surface area (Å²) in [5.74, 6) is -0.748. The number of benzene rings is 1. The molecule has 0 aliphatic heterocycles. The van der Waals surface area contributed by atoms with Crippen LogP contribution >= 0.6 is 11.6 Å². The molecule has 1 aromatic heterocycles. The van der Waals surface area contributed by atoms with E-state index in [1.807, 2.05) is 18.2 Å². The van der Waals surface area contributed by atoms with Gasteiger partial charge >= 0.3 is 0 Å². The molecule has 2 N–H and O–H groups in total. The lowest BCUT2D eigenvalue weighted by Gasteiger charge is -2.10. The van der Waals surface area contributed by atoms with E-state index >= 15 is 0 Å². The van der Waals surface area contributed by atoms with E-state index < -0.39 is 11.3 Å². The van der Waals surface area contributed by atoms with Crippen molar-refractivity contribution in [1.82, 2.24) is 9.78 Å². The lowest BCUT2D eigenvalue weighted by Crippen LogP contribution is -2.27. The summed E-state index contributed by atoms with van der Waals surface area (Å²) in [4.78, 5) is 22.7. The highest BCUT2D eigenvalue weighted by atomic mass is 35.5. The summed E-state index contributed by atoms with van der Waals surface area (Å²) in [6.45, 7) is 0. The van der Waals surface area contributed by atoms with Crippen molar-refractivity contribution in [3.8, 4) is 5.69 Å². The molecule has 0 aliphatic carbocycles. The highest BCUT2D eigenvalue weighted by Crippen LogP contribution is 2.10. The Hall–Kier alpha value is -2.14. The highest BCUT2D eigenvalue weighted by Gasteiger charge is 2.13. The molecule has 1 aromatic carbocycles. The zero-order valence-corrected chi connectivity index (χ0v) is 10.1. The Morgan fingerprint density at radius 1 is 1.33 bits per heavy atom. The Bertz CT molecular complexity index is 638. The van der Waals surface area contributed by atoms with E-state index in [-0.39, 0.29) is 11.6 Å². The van der Waals surface area contributed by atoms with E-state index in [0.29, 0.717) is 11.4 Å². The second kappa shape index (κ2) is 5.01. The quantitative estimate of drug-likeness (QED) is 0.842. The molecular formula is C12H10ClN3O2. The van der Waals surface area contributed by atoms with Crippen LogP contribution in [0.1, 0.15) is 16.2 Å². The van der Waals surface area contributed by atoms with E-state index in [1.54, 1.807) is 12.1 Å². The van der Waals surface area contributed by atoms with Crippen molar-refractivity contribution in [3.63, 3.8) is 0 Å². The molecular weight excluding hydrogens is 254 g/mol. The van der Waals surface area contributed by atoms with Crippen LogP contribution in [0.15, 0.2) is 41.2 Å². The highest BCUT2D eigenvalue weighted by molar-refractivity contribution is 6.16. The van der Waals surface area contributed by atoms with E-state index in [0.717, 1.165) is 0 Å². The van der Waals surface area contributed by atoms with Gasteiger partial charge in [-0.15, -0.1) is 11.6 Å². The number of amides is 1. The summed E-state index contributed by atoms with van der Waals surface area (Å²) in [7, 11) is 0. The second-order valence-corrected chi connectivity index (χ2v) is 3.86. The summed E-state index contributed by atoms with van der Waals surface area (Å²) in [6, 6.07) is 10.3. The number of rotatable bonds is 3. The van der Waals surface area contributed by atoms with Gasteiger partial charge in [0.1, 0.15) is 0 Å². The van der Waals surface area contributed by atoms with Crippen LogP contribution in [0.5, 0.6) is 0 Å². The molecule has 0 spiro atoms. The minimum Gasteiger partial charge on any atom is -0.364 e. The lowest BCUT2D eigenvalue weighted by molar-refractivity contribution is 0.0992. The molecule has 2 rings (SSSR count). The van der Waals surface area contributed by atoms with Gasteiger partial charge in [-0.2, -0.15) is 5.10 Å². The van der Waals surface area contributed by atoms with E-state index in [1.165, 1.54) is 10.7 Å². The number of alkyl halides is 1. The monoisotopic (exact) mass is 263 g/mol. The number of nitrogens with zero attached hydrogens (tertiary/aromatic N) is 2. The van der Waals surface area contributed by atoms with Gasteiger partial charge in [0, 0.05) is 6.07 Å². The first-order chi connectivity index (χ1) is 8.63. The van der Waals surface area contributed by atoms with E-state index in [4.69, 9.17) is 17.3 Å². The molecule has 0 unspecified atom stereocenters. The third-order valence-electron chi connectivity index (χ3n) is 2.37. The molecule has 0 atom stereocenters. The number of halogens is 1. The number of hydrogen-bond donors (Lipinski definition) is 1. The van der Waals surface area contributed by atoms with Crippen LogP contribution in [0.2, 0.25) is 0 Å². The van der Waals surface area contributed by atoms with Crippen LogP contribution in [-0.2, 0) is 5.88 Å². The van der Waals surface area contributed by atoms with Crippen LogP contribution in [0, 0.1) is 0 Å². The maximum absolute atomic E-state index is 11.6. The van der Waals surface area contributed by atoms with E-state index in [2.05, 4.69) is 5.10 Å². The number of carbonyl (C=O) groups is 1. The van der Waals surface area contributed by atoms with Crippen LogP contribution in [0.4, 0.5) is 0 Å². The Kier molecular flexibility index (Phi) is 3.43. The van der Waals surface area contributed by atoms with Crippen molar-refractivity contribution >= 4 is 17.5 Å². The summed E-state index contributed by atoms with van der Waals surface area (Å²) < 4.78 is 1.44. The second-order valence-electron chi connectivity index (χ2n) is 3.59. The van der Waals surface area contributed by atoms with Crippen LogP contribution in [0.3, 0.4) is 0 Å². The molecule has 0 saturated carbocycles. The molecule has 6 heteroatoms. The van der Waals surface area contributed by atoms with Crippen LogP contribution < -0.4 is 11.2 Å². The molecule has 18 heavy (non-hydrogen) atoms. The Morgan fingerprint density at radius 3 is 2.56 bits per heavy atom. The lowest BCUT2D eigenvalue weighted by atomic mass is 10.3. The fourth-order valence-corrected chi connectivity index (χ4v) is 1.74. The standard InChI is InChI=1S/C12H10ClN3O2/c13-7-9-6-10(17)11(12(14)18)15-16(9)8-4-2-1-3-5-8/h1-6H,7H2,(H2,14,18). The van der Waals surface area contributed by atoms with Gasteiger partial charge in [-0.1, -0.05) is 18.2 Å². The van der Waals surface area contributed by atoms with Crippen LogP contribution in [-0.4, -0.2) is 15.7 Å². The minimum atomic E-state index is -0.856. The van der Waals surface area contributed by atoms with Crippen molar-refractivity contribution in [2.75, 3.05) is 0 Å². The van der Waals surface area contributed by atoms with Gasteiger partial charge in [-0.05, 0) is 12.1 Å². The normalized spacial score (nSPS) is 10.3. The number of primary amides is 1. The molecule has 0 aliphatic rings. The number of carbonyl (C=O) groups excluding carboxylic acids is 1. The Balaban J connectivity index is 2.69. The average Bonchev–Trinajstić information content (AvgIpc) is 2.39. The third-order valence-corrected chi connectivity index (χ3v) is 2.65. The first kappa shape index (κ1) is 12.3. The number of nitrogens with two attached hydrogens (primary N) is 1. The Labute approximate surface area is 108 Å². The molecule has 0 saturated heterocycles. The molecule has 0 bridgehead atoms. The maximum atomic E-state index is 11.6. The van der Waals surface area contributed by atoms with Gasteiger partial charge in [0.15, 0.2) is 5.69 Å². The first-order valence-corrected chi connectivity index (χ1v) is 5.71. The van der Waals surface area contributed by atoms with Crippen LogP contribution in [0.25, 0.3) is 5.69 Å². The third kappa shape index (κ3) is 2.26. The van der Waals surface area contributed by atoms with Gasteiger partial charge in [-0.25, -0.2) is 4.68 Å². The largest absolute Gasteiger partial charge is 0.364 e. The van der Waals surface area contributed by atoms with Crippen molar-refractivity contribution in [2.24, 2.45) is 5.73 Å². The van der Waals surface area contributed by atoms with Gasteiger partial charge in [-0.3, -0.25) is 9.59 Å². The molecule has 0 radical (unpaired) electrons. The molecule has 92 valence electrons. The molecule has 0 fully saturated rings. The van der Waals surface area contributed by atoms with Crippen molar-refractivity contribution < 1.29 is 4.79 Å². The van der Waals surface area contributed by atoms with Crippen molar-refractivity contribution in [1.29, 1.82) is 0 Å². The first-order valence-electron chi connectivity index (χ1n) is 5.18. The van der Waals surface area contributed by atoms with Gasteiger partial charge in [0.2, 0.25) is 5.43 Å². The summed E-state index contributed by atoms with van der Waals surface area (Å²) in [5.41, 5.74) is 5.49. The maximum Gasteiger partial charge on any atom is 0.273 e. The molecule has 1 heterocycles. The fourth-order valence-electron chi connectivity index (χ4n) is 1.55. The number of hydrogen-bond acceptors (Lipinski definition) is 3. The molecule has 2 aromatic rings. The zero-order chi connectivity index (χ0) is 13.1. The van der Waals surface area contributed by atoms with E-state index in [9.17, 15) is 9.59 Å². The molecule has 5 nitrogen and oxygen atoms in total. The van der Waals surface area contributed by atoms with Gasteiger partial charge < -0.3 is 5.73 Å². The summed E-state index contributed by atoms with van der Waals surface area (Å²) in [6.07, 6.45) is 0. The zero-order valence-electron chi connectivity index (χ0n) is 9.34. The topological polar surface area (TPSA) is 78.0 Å². The van der Waals surface area contributed by atoms with Gasteiger partial charge in [0.25, 0.3) is 5.91 Å². The molecule has 1 amide bonds. The average molecular weight is 264 g/mol.